The SMILES string of the molecule is C=CCN1C[C@@]2(C#N)Cc3cc(C)c(OC)c(O)c3C1C1[C@@H]3SCC(N)C(=O)OC[C@@H](c4c5c(c(C)c(OC(C)=O)c43)OCO5)N12. The Morgan fingerprint density at radius 2 is 2.02 bits per heavy atom. The van der Waals surface area contributed by atoms with E-state index in [0.29, 0.717) is 58.3 Å². The van der Waals surface area contributed by atoms with Crippen molar-refractivity contribution in [3.8, 4) is 34.8 Å². The van der Waals surface area contributed by atoms with Crippen LogP contribution in [-0.4, -0.2) is 83.8 Å². The van der Waals surface area contributed by atoms with Crippen LogP contribution in [0.4, 0.5) is 0 Å². The number of ether oxygens (including phenoxy) is 5. The number of phenolic OH excluding ortho intramolecular Hbond substituents is 1. The van der Waals surface area contributed by atoms with Gasteiger partial charge in [0.2, 0.25) is 6.79 Å². The van der Waals surface area contributed by atoms with Gasteiger partial charge in [-0.2, -0.15) is 5.26 Å². The second kappa shape index (κ2) is 11.1. The minimum absolute atomic E-state index is 0.0237. The van der Waals surface area contributed by atoms with Gasteiger partial charge in [0, 0.05) is 60.5 Å². The molecule has 7 atom stereocenters. The van der Waals surface area contributed by atoms with E-state index in [1.807, 2.05) is 19.9 Å². The Balaban J connectivity index is 1.60. The molecule has 6 aliphatic rings. The Hall–Kier alpha value is -3.96. The van der Waals surface area contributed by atoms with E-state index >= 15 is 0 Å². The van der Waals surface area contributed by atoms with Gasteiger partial charge >= 0.3 is 11.9 Å². The average molecular weight is 649 g/mol. The number of cyclic esters (lactones) is 1. The van der Waals surface area contributed by atoms with Crippen LogP contribution in [0.25, 0.3) is 0 Å². The van der Waals surface area contributed by atoms with Gasteiger partial charge in [0.15, 0.2) is 23.0 Å². The molecule has 242 valence electrons. The van der Waals surface area contributed by atoms with Gasteiger partial charge in [0.05, 0.1) is 30.5 Å². The van der Waals surface area contributed by atoms with Gasteiger partial charge < -0.3 is 34.5 Å². The average Bonchev–Trinajstić information content (AvgIpc) is 3.42. The van der Waals surface area contributed by atoms with E-state index in [1.54, 1.807) is 6.08 Å². The van der Waals surface area contributed by atoms with Gasteiger partial charge in [0.1, 0.15) is 23.9 Å². The topological polar surface area (TPSA) is 157 Å². The summed E-state index contributed by atoms with van der Waals surface area (Å²) in [5.74, 6) is 0.810. The fourth-order valence-corrected chi connectivity index (χ4v) is 9.70. The van der Waals surface area contributed by atoms with Crippen molar-refractivity contribution in [2.45, 2.75) is 62.1 Å². The first-order valence-electron chi connectivity index (χ1n) is 15.2. The van der Waals surface area contributed by atoms with Crippen molar-refractivity contribution in [3.63, 3.8) is 0 Å². The summed E-state index contributed by atoms with van der Waals surface area (Å²) >= 11 is 1.44. The minimum atomic E-state index is -1.14. The minimum Gasteiger partial charge on any atom is -0.504 e. The van der Waals surface area contributed by atoms with Crippen LogP contribution in [0.3, 0.4) is 0 Å². The van der Waals surface area contributed by atoms with E-state index < -0.39 is 46.9 Å². The summed E-state index contributed by atoms with van der Waals surface area (Å²) in [5.41, 5.74) is 9.43. The van der Waals surface area contributed by atoms with Gasteiger partial charge in [-0.3, -0.25) is 19.4 Å². The number of phenols is 1. The van der Waals surface area contributed by atoms with Gasteiger partial charge in [-0.15, -0.1) is 18.3 Å². The molecule has 6 heterocycles. The van der Waals surface area contributed by atoms with E-state index in [2.05, 4.69) is 22.4 Å². The van der Waals surface area contributed by atoms with Crippen LogP contribution in [-0.2, 0) is 20.7 Å². The first kappa shape index (κ1) is 30.7. The molecule has 2 aromatic rings. The summed E-state index contributed by atoms with van der Waals surface area (Å²) in [6.45, 7) is 9.65. The first-order valence-corrected chi connectivity index (χ1v) is 16.2. The predicted octanol–water partition coefficient (Wildman–Crippen LogP) is 3.12. The number of carbonyl (C=O) groups is 2. The molecule has 0 aliphatic carbocycles. The number of benzene rings is 2. The number of rotatable bonds is 4. The number of nitrogens with two attached hydrogens (primary N) is 1. The molecule has 2 saturated heterocycles. The maximum Gasteiger partial charge on any atom is 0.323 e. The van der Waals surface area contributed by atoms with Gasteiger partial charge in [-0.25, -0.2) is 0 Å². The monoisotopic (exact) mass is 648 g/mol. The van der Waals surface area contributed by atoms with Crippen molar-refractivity contribution in [2.24, 2.45) is 5.73 Å². The van der Waals surface area contributed by atoms with E-state index in [4.69, 9.17) is 29.4 Å². The summed E-state index contributed by atoms with van der Waals surface area (Å²) < 4.78 is 29.6. The standard InChI is InChI=1S/C33H36N4O8S/c1-6-7-36-13-33(12-34)9-18-8-15(2)27(41-5)26(39)21(18)24(36)25-31-23-22(20(37(25)33)10-42-32(40)19(35)11-46-31)30-29(43-14-44-30)16(3)28(23)45-17(4)38/h6,8,19-20,24-25,31,39H,1,7,9-11,13-14,35H2,2-5H3/t19?,20-,24?,25?,31+,33-/m0/s1. The number of piperazine rings is 1. The van der Waals surface area contributed by atoms with Crippen molar-refractivity contribution >= 4 is 23.7 Å². The Kier molecular flexibility index (Phi) is 7.39. The van der Waals surface area contributed by atoms with E-state index in [9.17, 15) is 20.0 Å². The van der Waals surface area contributed by atoms with Gasteiger partial charge in [-0.1, -0.05) is 12.1 Å². The maximum atomic E-state index is 13.1. The van der Waals surface area contributed by atoms with Crippen molar-refractivity contribution in [1.82, 2.24) is 9.80 Å². The van der Waals surface area contributed by atoms with Crippen LogP contribution in [0.15, 0.2) is 18.7 Å². The quantitative estimate of drug-likeness (QED) is 0.283. The molecular formula is C33H36N4O8S. The number of hydrogen-bond donors (Lipinski definition) is 2. The van der Waals surface area contributed by atoms with Crippen LogP contribution in [0.5, 0.6) is 28.7 Å². The molecule has 2 aromatic carbocycles. The fourth-order valence-electron chi connectivity index (χ4n) is 8.27. The number of hydrogen-bond acceptors (Lipinski definition) is 13. The molecule has 0 amide bonds. The van der Waals surface area contributed by atoms with Crippen molar-refractivity contribution in [3.05, 3.63) is 52.1 Å². The zero-order valence-corrected chi connectivity index (χ0v) is 26.9. The third-order valence-electron chi connectivity index (χ3n) is 9.84. The highest BCUT2D eigenvalue weighted by atomic mass is 32.2. The molecule has 12 nitrogen and oxygen atoms in total. The summed E-state index contributed by atoms with van der Waals surface area (Å²) in [6.07, 6.45) is 2.08. The first-order chi connectivity index (χ1) is 22.1. The molecule has 8 rings (SSSR count). The molecule has 4 unspecified atom stereocenters. The second-order valence-electron chi connectivity index (χ2n) is 12.5. The number of carbonyl (C=O) groups excluding carboxylic acids is 2. The normalized spacial score (nSPS) is 30.7. The molecule has 13 heteroatoms. The summed E-state index contributed by atoms with van der Waals surface area (Å²) in [6, 6.07) is 2.11. The number of aryl methyl sites for hydroxylation is 1. The molecule has 0 radical (unpaired) electrons. The van der Waals surface area contributed by atoms with Crippen LogP contribution < -0.4 is 24.7 Å². The Morgan fingerprint density at radius 1 is 1.26 bits per heavy atom. The van der Waals surface area contributed by atoms with Crippen LogP contribution in [0, 0.1) is 25.2 Å². The number of methoxy groups -OCH3 is 1. The second-order valence-corrected chi connectivity index (χ2v) is 13.6. The van der Waals surface area contributed by atoms with E-state index in [-0.39, 0.29) is 31.3 Å². The highest BCUT2D eigenvalue weighted by Gasteiger charge is 2.63. The highest BCUT2D eigenvalue weighted by Crippen LogP contribution is 2.65. The van der Waals surface area contributed by atoms with Crippen molar-refractivity contribution in [1.29, 1.82) is 5.26 Å². The van der Waals surface area contributed by atoms with Crippen LogP contribution in [0.2, 0.25) is 0 Å². The van der Waals surface area contributed by atoms with Gasteiger partial charge in [-0.05, 0) is 25.0 Å². The van der Waals surface area contributed by atoms with Crippen molar-refractivity contribution in [2.75, 3.05) is 39.4 Å². The molecule has 4 bridgehead atoms. The zero-order chi connectivity index (χ0) is 32.7. The fraction of sp³-hybridized carbons (Fsp3) is 0.485. The summed E-state index contributed by atoms with van der Waals surface area (Å²) in [7, 11) is 1.53. The lowest BCUT2D eigenvalue weighted by Gasteiger charge is -2.60. The third-order valence-corrected chi connectivity index (χ3v) is 11.3. The predicted molar refractivity (Wildman–Crippen MR) is 167 cm³/mol. The Bertz CT molecular complexity index is 1720. The number of thioether (sulfide) groups is 1. The summed E-state index contributed by atoms with van der Waals surface area (Å²) in [5, 5.41) is 22.7. The Morgan fingerprint density at radius 3 is 2.72 bits per heavy atom. The molecular weight excluding hydrogens is 612 g/mol. The molecule has 3 N–H and O–H groups in total. The lowest BCUT2D eigenvalue weighted by molar-refractivity contribution is -0.151. The molecule has 46 heavy (non-hydrogen) atoms. The largest absolute Gasteiger partial charge is 0.504 e. The number of fused-ring (bicyclic) bond motifs is 6. The maximum absolute atomic E-state index is 13.1. The summed E-state index contributed by atoms with van der Waals surface area (Å²) in [4.78, 5) is 30.1. The lowest BCUT2D eigenvalue weighted by atomic mass is 9.76. The molecule has 6 aliphatic heterocycles. The molecule has 0 saturated carbocycles. The molecule has 0 aromatic heterocycles. The number of nitriles is 1. The molecule has 0 spiro atoms. The Labute approximate surface area is 270 Å². The van der Waals surface area contributed by atoms with Crippen LogP contribution in [0.1, 0.15) is 57.6 Å². The third kappa shape index (κ3) is 4.24. The number of nitrogens with zero attached hydrogens (tertiary/aromatic N) is 3. The van der Waals surface area contributed by atoms with Gasteiger partial charge in [0.25, 0.3) is 0 Å². The highest BCUT2D eigenvalue weighted by molar-refractivity contribution is 7.99. The van der Waals surface area contributed by atoms with Crippen molar-refractivity contribution < 1.29 is 38.4 Å². The molecule has 2 fully saturated rings. The number of aromatic hydroxyl groups is 1. The zero-order valence-electron chi connectivity index (χ0n) is 26.1. The van der Waals surface area contributed by atoms with E-state index in [0.717, 1.165) is 11.1 Å². The lowest BCUT2D eigenvalue weighted by Crippen LogP contribution is -2.69. The smallest absolute Gasteiger partial charge is 0.323 e. The van der Waals surface area contributed by atoms with E-state index in [1.165, 1.54) is 25.8 Å². The number of esters is 2. The van der Waals surface area contributed by atoms with Crippen LogP contribution >= 0.6 is 11.8 Å².